The number of ether oxygens (including phenoxy) is 1. The molecule has 3 rings (SSSR count). The van der Waals surface area contributed by atoms with E-state index in [2.05, 4.69) is 29.3 Å². The fourth-order valence-corrected chi connectivity index (χ4v) is 2.34. The molecule has 0 unspecified atom stereocenters. The topological polar surface area (TPSA) is 21.6 Å². The van der Waals surface area contributed by atoms with Crippen LogP contribution in [0.4, 0.5) is 5.69 Å². The first-order chi connectivity index (χ1) is 11.3. The van der Waals surface area contributed by atoms with Crippen LogP contribution in [0.25, 0.3) is 11.1 Å². The fourth-order valence-electron chi connectivity index (χ4n) is 2.34. The van der Waals surface area contributed by atoms with Crippen LogP contribution >= 0.6 is 0 Å². The Morgan fingerprint density at radius 1 is 0.783 bits per heavy atom. The monoisotopic (exact) mass is 301 g/mol. The van der Waals surface area contributed by atoms with E-state index < -0.39 is 0 Å². The summed E-state index contributed by atoms with van der Waals surface area (Å²) in [5, 5.41) is 0. The van der Waals surface area contributed by atoms with Crippen molar-refractivity contribution in [1.82, 2.24) is 0 Å². The molecule has 0 bridgehead atoms. The van der Waals surface area contributed by atoms with Crippen molar-refractivity contribution in [3.05, 3.63) is 84.4 Å². The molecule has 0 aliphatic rings. The van der Waals surface area contributed by atoms with E-state index in [4.69, 9.17) is 4.74 Å². The Balaban J connectivity index is 1.70. The van der Waals surface area contributed by atoms with Crippen molar-refractivity contribution in [2.75, 3.05) is 6.61 Å². The van der Waals surface area contributed by atoms with Gasteiger partial charge in [0.1, 0.15) is 5.75 Å². The first kappa shape index (κ1) is 15.0. The van der Waals surface area contributed by atoms with Gasteiger partial charge in [0.25, 0.3) is 0 Å². The summed E-state index contributed by atoms with van der Waals surface area (Å²) in [4.78, 5) is 4.52. The lowest BCUT2D eigenvalue weighted by Crippen LogP contribution is -1.91. The molecule has 0 saturated heterocycles. The van der Waals surface area contributed by atoms with Crippen LogP contribution in [0.2, 0.25) is 0 Å². The van der Waals surface area contributed by atoms with Gasteiger partial charge in [-0.3, -0.25) is 4.99 Å². The van der Waals surface area contributed by atoms with Crippen molar-refractivity contribution >= 4 is 11.9 Å². The number of hydrogen-bond acceptors (Lipinski definition) is 2. The standard InChI is InChI=1S/C21H19NO/c1-2-23-21-14-8-17(9-15-21)16-22-20-12-10-19(11-13-20)18-6-4-3-5-7-18/h3-16H,2H2,1H3. The van der Waals surface area contributed by atoms with Crippen molar-refractivity contribution in [2.24, 2.45) is 4.99 Å². The highest BCUT2D eigenvalue weighted by atomic mass is 16.5. The summed E-state index contributed by atoms with van der Waals surface area (Å²) in [6, 6.07) is 26.5. The molecule has 2 heteroatoms. The summed E-state index contributed by atoms with van der Waals surface area (Å²) in [6.45, 7) is 2.66. The molecular weight excluding hydrogens is 282 g/mol. The first-order valence-corrected chi connectivity index (χ1v) is 7.77. The Kier molecular flexibility index (Phi) is 4.85. The maximum absolute atomic E-state index is 5.43. The van der Waals surface area contributed by atoms with Gasteiger partial charge < -0.3 is 4.74 Å². The Morgan fingerprint density at radius 3 is 2.09 bits per heavy atom. The highest BCUT2D eigenvalue weighted by Crippen LogP contribution is 2.22. The molecule has 114 valence electrons. The second-order valence-electron chi connectivity index (χ2n) is 5.17. The lowest BCUT2D eigenvalue weighted by atomic mass is 10.1. The summed E-state index contributed by atoms with van der Waals surface area (Å²) in [5.74, 6) is 0.886. The van der Waals surface area contributed by atoms with Crippen molar-refractivity contribution in [1.29, 1.82) is 0 Å². The van der Waals surface area contributed by atoms with Crippen molar-refractivity contribution in [2.45, 2.75) is 6.92 Å². The van der Waals surface area contributed by atoms with Crippen LogP contribution < -0.4 is 4.74 Å². The highest BCUT2D eigenvalue weighted by molar-refractivity contribution is 5.82. The summed E-state index contributed by atoms with van der Waals surface area (Å²) in [6.07, 6.45) is 1.87. The maximum atomic E-state index is 5.43. The average Bonchev–Trinajstić information content (AvgIpc) is 2.63. The Labute approximate surface area is 137 Å². The fraction of sp³-hybridized carbons (Fsp3) is 0.0952. The molecule has 0 aliphatic carbocycles. The zero-order valence-electron chi connectivity index (χ0n) is 13.1. The van der Waals surface area contributed by atoms with Gasteiger partial charge in [-0.1, -0.05) is 42.5 Å². The highest BCUT2D eigenvalue weighted by Gasteiger charge is 1.96. The molecule has 0 spiro atoms. The smallest absolute Gasteiger partial charge is 0.119 e. The van der Waals surface area contributed by atoms with Crippen LogP contribution in [0.5, 0.6) is 5.75 Å². The molecule has 0 heterocycles. The number of nitrogens with zero attached hydrogens (tertiary/aromatic N) is 1. The summed E-state index contributed by atoms with van der Waals surface area (Å²) in [7, 11) is 0. The molecule has 0 fully saturated rings. The summed E-state index contributed by atoms with van der Waals surface area (Å²) < 4.78 is 5.43. The van der Waals surface area contributed by atoms with E-state index >= 15 is 0 Å². The van der Waals surface area contributed by atoms with Crippen molar-refractivity contribution in [3.63, 3.8) is 0 Å². The normalized spacial score (nSPS) is 10.8. The Hall–Kier alpha value is -2.87. The van der Waals surface area contributed by atoms with Gasteiger partial charge in [-0.15, -0.1) is 0 Å². The van der Waals surface area contributed by atoms with Crippen LogP contribution in [0.1, 0.15) is 12.5 Å². The zero-order valence-corrected chi connectivity index (χ0v) is 13.1. The molecule has 0 atom stereocenters. The third-order valence-corrected chi connectivity index (χ3v) is 3.53. The molecule has 3 aromatic rings. The maximum Gasteiger partial charge on any atom is 0.119 e. The third-order valence-electron chi connectivity index (χ3n) is 3.53. The molecule has 23 heavy (non-hydrogen) atoms. The van der Waals surface area contributed by atoms with Gasteiger partial charge >= 0.3 is 0 Å². The quantitative estimate of drug-likeness (QED) is 0.570. The van der Waals surface area contributed by atoms with Gasteiger partial charge in [0.05, 0.1) is 12.3 Å². The van der Waals surface area contributed by atoms with Crippen LogP contribution in [0.3, 0.4) is 0 Å². The van der Waals surface area contributed by atoms with Crippen LogP contribution in [0, 0.1) is 0 Å². The zero-order chi connectivity index (χ0) is 15.9. The molecule has 0 amide bonds. The van der Waals surface area contributed by atoms with Gasteiger partial charge in [0.15, 0.2) is 0 Å². The van der Waals surface area contributed by atoms with Gasteiger partial charge in [-0.2, -0.15) is 0 Å². The lowest BCUT2D eigenvalue weighted by molar-refractivity contribution is 0.340. The van der Waals surface area contributed by atoms with Crippen LogP contribution in [-0.4, -0.2) is 12.8 Å². The van der Waals surface area contributed by atoms with Crippen LogP contribution in [0.15, 0.2) is 83.9 Å². The van der Waals surface area contributed by atoms with E-state index in [9.17, 15) is 0 Å². The van der Waals surface area contributed by atoms with E-state index in [0.29, 0.717) is 6.61 Å². The minimum Gasteiger partial charge on any atom is -0.494 e. The van der Waals surface area contributed by atoms with E-state index in [1.54, 1.807) is 0 Å². The van der Waals surface area contributed by atoms with Gasteiger partial charge in [0.2, 0.25) is 0 Å². The van der Waals surface area contributed by atoms with Gasteiger partial charge in [-0.05, 0) is 60.0 Å². The second kappa shape index (κ2) is 7.41. The first-order valence-electron chi connectivity index (χ1n) is 7.77. The molecular formula is C21H19NO. The minimum absolute atomic E-state index is 0.682. The Bertz CT molecular complexity index is 759. The molecule has 2 nitrogen and oxygen atoms in total. The second-order valence-corrected chi connectivity index (χ2v) is 5.17. The number of hydrogen-bond donors (Lipinski definition) is 0. The van der Waals surface area contributed by atoms with E-state index in [1.165, 1.54) is 11.1 Å². The number of aliphatic imine (C=N–C) groups is 1. The lowest BCUT2D eigenvalue weighted by Gasteiger charge is -2.03. The minimum atomic E-state index is 0.682. The average molecular weight is 301 g/mol. The molecule has 3 aromatic carbocycles. The predicted molar refractivity (Wildman–Crippen MR) is 96.7 cm³/mol. The largest absolute Gasteiger partial charge is 0.494 e. The van der Waals surface area contributed by atoms with E-state index in [-0.39, 0.29) is 0 Å². The van der Waals surface area contributed by atoms with Crippen molar-refractivity contribution < 1.29 is 4.74 Å². The van der Waals surface area contributed by atoms with Gasteiger partial charge in [-0.25, -0.2) is 0 Å². The number of rotatable bonds is 5. The van der Waals surface area contributed by atoms with Crippen molar-refractivity contribution in [3.8, 4) is 16.9 Å². The summed E-state index contributed by atoms with van der Waals surface area (Å²) in [5.41, 5.74) is 4.42. The van der Waals surface area contributed by atoms with E-state index in [1.807, 2.05) is 67.7 Å². The molecule has 0 radical (unpaired) electrons. The number of benzene rings is 3. The molecule has 0 aromatic heterocycles. The SMILES string of the molecule is CCOc1ccc(C=Nc2ccc(-c3ccccc3)cc2)cc1. The third kappa shape index (κ3) is 4.07. The molecule has 0 N–H and O–H groups in total. The Morgan fingerprint density at radius 2 is 1.43 bits per heavy atom. The molecule has 0 aliphatic heterocycles. The predicted octanol–water partition coefficient (Wildman–Crippen LogP) is 5.50. The molecule has 0 saturated carbocycles. The van der Waals surface area contributed by atoms with Crippen LogP contribution in [-0.2, 0) is 0 Å². The van der Waals surface area contributed by atoms with Gasteiger partial charge in [0, 0.05) is 6.21 Å². The summed E-state index contributed by atoms with van der Waals surface area (Å²) >= 11 is 0. The van der Waals surface area contributed by atoms with E-state index in [0.717, 1.165) is 17.0 Å².